The minimum Gasteiger partial charge on any atom is -0.361 e. The van der Waals surface area contributed by atoms with Gasteiger partial charge in [-0.3, -0.25) is 4.90 Å². The van der Waals surface area contributed by atoms with Crippen LogP contribution in [0.15, 0.2) is 30.5 Å². The van der Waals surface area contributed by atoms with Crippen LogP contribution in [0.4, 0.5) is 0 Å². The molecule has 0 unspecified atom stereocenters. The lowest BCUT2D eigenvalue weighted by atomic mass is 9.94. The van der Waals surface area contributed by atoms with Gasteiger partial charge in [0, 0.05) is 28.1 Å². The van der Waals surface area contributed by atoms with Crippen molar-refractivity contribution < 1.29 is 0 Å². The van der Waals surface area contributed by atoms with Crippen molar-refractivity contribution in [3.63, 3.8) is 0 Å². The predicted molar refractivity (Wildman–Crippen MR) is 89.8 cm³/mol. The molecule has 1 fully saturated rings. The molecule has 0 atom stereocenters. The normalized spacial score (nSPS) is 19.0. The van der Waals surface area contributed by atoms with E-state index in [9.17, 15) is 0 Å². The SMILES string of the molecule is N#CCC1(I)CCN(Cc2ccc3cc[nH]c3c2)CC1. The van der Waals surface area contributed by atoms with Gasteiger partial charge in [0.05, 0.1) is 6.07 Å². The van der Waals surface area contributed by atoms with E-state index in [4.69, 9.17) is 5.26 Å². The van der Waals surface area contributed by atoms with Crippen molar-refractivity contribution in [2.45, 2.75) is 29.2 Å². The Bertz CT molecular complexity index is 632. The van der Waals surface area contributed by atoms with Gasteiger partial charge in [0.25, 0.3) is 0 Å². The number of hydrogen-bond acceptors (Lipinski definition) is 2. The molecule has 3 nitrogen and oxygen atoms in total. The number of nitrogens with one attached hydrogen (secondary N) is 1. The van der Waals surface area contributed by atoms with Crippen LogP contribution < -0.4 is 0 Å². The Kier molecular flexibility index (Phi) is 3.99. The molecule has 1 aromatic carbocycles. The summed E-state index contributed by atoms with van der Waals surface area (Å²) in [6, 6.07) is 11.1. The van der Waals surface area contributed by atoms with Crippen LogP contribution >= 0.6 is 22.6 Å². The maximum atomic E-state index is 8.89. The maximum absolute atomic E-state index is 8.89. The Labute approximate surface area is 133 Å². The average molecular weight is 379 g/mol. The highest BCUT2D eigenvalue weighted by molar-refractivity contribution is 14.1. The van der Waals surface area contributed by atoms with Gasteiger partial charge in [-0.2, -0.15) is 5.26 Å². The summed E-state index contributed by atoms with van der Waals surface area (Å²) in [7, 11) is 0. The van der Waals surface area contributed by atoms with Crippen molar-refractivity contribution >= 4 is 33.5 Å². The Morgan fingerprint density at radius 2 is 2.10 bits per heavy atom. The van der Waals surface area contributed by atoms with Crippen molar-refractivity contribution in [1.82, 2.24) is 9.88 Å². The molecule has 0 amide bonds. The smallest absolute Gasteiger partial charge is 0.0635 e. The van der Waals surface area contributed by atoms with E-state index in [0.717, 1.165) is 32.5 Å². The summed E-state index contributed by atoms with van der Waals surface area (Å²) in [5.41, 5.74) is 2.58. The van der Waals surface area contributed by atoms with Gasteiger partial charge in [-0.1, -0.05) is 34.7 Å². The molecule has 1 N–H and O–H groups in total. The summed E-state index contributed by atoms with van der Waals surface area (Å²) in [6.07, 6.45) is 4.90. The first-order chi connectivity index (χ1) is 9.68. The Hall–Kier alpha value is -1.06. The number of halogens is 1. The van der Waals surface area contributed by atoms with E-state index in [1.807, 2.05) is 6.20 Å². The molecule has 1 aliphatic rings. The molecule has 0 aliphatic carbocycles. The number of H-pyrrole nitrogens is 1. The van der Waals surface area contributed by atoms with E-state index in [0.29, 0.717) is 6.42 Å². The van der Waals surface area contributed by atoms with Gasteiger partial charge in [0.2, 0.25) is 0 Å². The summed E-state index contributed by atoms with van der Waals surface area (Å²) in [6.45, 7) is 3.19. The van der Waals surface area contributed by atoms with Gasteiger partial charge in [-0.25, -0.2) is 0 Å². The number of hydrogen-bond donors (Lipinski definition) is 1. The molecule has 0 spiro atoms. The van der Waals surface area contributed by atoms with Crippen LogP contribution in [0.2, 0.25) is 0 Å². The number of aromatic nitrogens is 1. The molecular formula is C16H18IN3. The second-order valence-electron chi connectivity index (χ2n) is 5.66. The third kappa shape index (κ3) is 2.99. The number of nitriles is 1. The number of nitrogens with zero attached hydrogens (tertiary/aromatic N) is 2. The Balaban J connectivity index is 1.63. The minimum atomic E-state index is 0.201. The lowest BCUT2D eigenvalue weighted by Crippen LogP contribution is -2.40. The molecule has 0 radical (unpaired) electrons. The van der Waals surface area contributed by atoms with Crippen LogP contribution in [-0.4, -0.2) is 26.4 Å². The van der Waals surface area contributed by atoms with Crippen LogP contribution in [0, 0.1) is 11.3 Å². The van der Waals surface area contributed by atoms with Crippen molar-refractivity contribution in [2.75, 3.05) is 13.1 Å². The summed E-state index contributed by atoms with van der Waals surface area (Å²) < 4.78 is 0.201. The number of rotatable bonds is 3. The van der Waals surface area contributed by atoms with Gasteiger partial charge in [0.15, 0.2) is 0 Å². The standard InChI is InChI=1S/C16H18IN3/c17-16(4-7-18)5-9-20(10-6-16)12-13-1-2-14-3-8-19-15(14)11-13/h1-3,8,11,19H,4-6,9-10,12H2. The zero-order chi connectivity index (χ0) is 14.0. The van der Waals surface area contributed by atoms with E-state index >= 15 is 0 Å². The Morgan fingerprint density at radius 1 is 1.30 bits per heavy atom. The molecule has 4 heteroatoms. The van der Waals surface area contributed by atoms with E-state index < -0.39 is 0 Å². The Morgan fingerprint density at radius 3 is 2.85 bits per heavy atom. The van der Waals surface area contributed by atoms with E-state index in [2.05, 4.69) is 62.8 Å². The second-order valence-corrected chi connectivity index (χ2v) is 7.95. The maximum Gasteiger partial charge on any atom is 0.0635 e. The number of piperidine rings is 1. The fraction of sp³-hybridized carbons (Fsp3) is 0.438. The molecule has 104 valence electrons. The largest absolute Gasteiger partial charge is 0.361 e. The zero-order valence-electron chi connectivity index (χ0n) is 11.4. The molecule has 0 bridgehead atoms. The number of fused-ring (bicyclic) bond motifs is 1. The second kappa shape index (κ2) is 5.74. The molecule has 20 heavy (non-hydrogen) atoms. The monoisotopic (exact) mass is 379 g/mol. The van der Waals surface area contributed by atoms with Crippen LogP contribution in [0.25, 0.3) is 10.9 Å². The van der Waals surface area contributed by atoms with Gasteiger partial charge in [-0.05, 0) is 49.0 Å². The number of likely N-dealkylation sites (tertiary alicyclic amines) is 1. The number of aromatic amines is 1. The van der Waals surface area contributed by atoms with E-state index in [-0.39, 0.29) is 3.42 Å². The molecule has 1 aliphatic heterocycles. The predicted octanol–water partition coefficient (Wildman–Crippen LogP) is 3.85. The summed E-state index contributed by atoms with van der Waals surface area (Å²) in [5.74, 6) is 0. The third-order valence-corrected chi connectivity index (χ3v) is 5.63. The molecule has 2 aromatic rings. The topological polar surface area (TPSA) is 42.8 Å². The lowest BCUT2D eigenvalue weighted by molar-refractivity contribution is 0.199. The average Bonchev–Trinajstić information content (AvgIpc) is 2.89. The van der Waals surface area contributed by atoms with Gasteiger partial charge < -0.3 is 4.98 Å². The van der Waals surface area contributed by atoms with Crippen LogP contribution in [0.3, 0.4) is 0 Å². The molecule has 1 aromatic heterocycles. The zero-order valence-corrected chi connectivity index (χ0v) is 13.6. The van der Waals surface area contributed by atoms with Gasteiger partial charge >= 0.3 is 0 Å². The van der Waals surface area contributed by atoms with Crippen molar-refractivity contribution in [3.8, 4) is 6.07 Å². The first-order valence-corrected chi connectivity index (χ1v) is 8.11. The first kappa shape index (κ1) is 13.9. The highest BCUT2D eigenvalue weighted by Crippen LogP contribution is 2.35. The number of benzene rings is 1. The van der Waals surface area contributed by atoms with Crippen LogP contribution in [0.5, 0.6) is 0 Å². The van der Waals surface area contributed by atoms with Gasteiger partial charge in [-0.15, -0.1) is 0 Å². The quantitative estimate of drug-likeness (QED) is 0.650. The van der Waals surface area contributed by atoms with Crippen LogP contribution in [-0.2, 0) is 6.54 Å². The van der Waals surface area contributed by atoms with Crippen molar-refractivity contribution in [3.05, 3.63) is 36.0 Å². The molecule has 1 saturated heterocycles. The summed E-state index contributed by atoms with van der Waals surface area (Å²) in [4.78, 5) is 5.77. The van der Waals surface area contributed by atoms with Crippen molar-refractivity contribution in [1.29, 1.82) is 5.26 Å². The minimum absolute atomic E-state index is 0.201. The van der Waals surface area contributed by atoms with E-state index in [1.54, 1.807) is 0 Å². The number of alkyl halides is 1. The van der Waals surface area contributed by atoms with E-state index in [1.165, 1.54) is 16.5 Å². The third-order valence-electron chi connectivity index (χ3n) is 4.17. The highest BCUT2D eigenvalue weighted by Gasteiger charge is 2.31. The summed E-state index contributed by atoms with van der Waals surface area (Å²) in [5, 5.41) is 10.2. The molecular weight excluding hydrogens is 361 g/mol. The fourth-order valence-electron chi connectivity index (χ4n) is 2.88. The lowest BCUT2D eigenvalue weighted by Gasteiger charge is -2.36. The molecule has 0 saturated carbocycles. The van der Waals surface area contributed by atoms with Crippen molar-refractivity contribution in [2.24, 2.45) is 0 Å². The van der Waals surface area contributed by atoms with Crippen LogP contribution in [0.1, 0.15) is 24.8 Å². The first-order valence-electron chi connectivity index (χ1n) is 7.03. The fourth-order valence-corrected chi connectivity index (χ4v) is 3.53. The molecule has 3 rings (SSSR count). The van der Waals surface area contributed by atoms with Gasteiger partial charge in [0.1, 0.15) is 0 Å². The molecule has 2 heterocycles. The summed E-state index contributed by atoms with van der Waals surface area (Å²) >= 11 is 2.49. The highest BCUT2D eigenvalue weighted by atomic mass is 127.